The van der Waals surface area contributed by atoms with Crippen LogP contribution in [-0.4, -0.2) is 22.8 Å². The lowest BCUT2D eigenvalue weighted by Gasteiger charge is -2.16. The number of hydrogen-bond donors (Lipinski definition) is 4. The number of alkyl halides is 2. The summed E-state index contributed by atoms with van der Waals surface area (Å²) < 4.78 is 30.2. The summed E-state index contributed by atoms with van der Waals surface area (Å²) in [6.07, 6.45) is 4.51. The van der Waals surface area contributed by atoms with Crippen molar-refractivity contribution >= 4 is 38.4 Å². The second-order valence-corrected chi connectivity index (χ2v) is 6.19. The minimum Gasteiger partial charge on any atom is -0.430 e. The van der Waals surface area contributed by atoms with Crippen molar-refractivity contribution in [1.82, 2.24) is 4.98 Å². The Balaban J connectivity index is 2.38. The zero-order valence-electron chi connectivity index (χ0n) is 14.6. The van der Waals surface area contributed by atoms with Crippen molar-refractivity contribution in [2.45, 2.75) is 19.2 Å². The van der Waals surface area contributed by atoms with E-state index in [0.29, 0.717) is 40.5 Å². The van der Waals surface area contributed by atoms with Crippen LogP contribution in [0, 0.1) is 10.8 Å². The van der Waals surface area contributed by atoms with E-state index in [-0.39, 0.29) is 5.75 Å². The summed E-state index contributed by atoms with van der Waals surface area (Å²) in [4.78, 5) is 4.28. The summed E-state index contributed by atoms with van der Waals surface area (Å²) >= 11 is 0. The molecule has 0 bridgehead atoms. The maximum atomic E-state index is 12.9. The number of hydrogen-bond acceptors (Lipinski definition) is 6. The number of nitrogens with zero attached hydrogens (tertiary/aromatic N) is 1. The first-order chi connectivity index (χ1) is 12.7. The molecule has 1 unspecified atom stereocenters. The van der Waals surface area contributed by atoms with Gasteiger partial charge < -0.3 is 26.6 Å². The third-order valence-corrected chi connectivity index (χ3v) is 3.67. The van der Waals surface area contributed by atoms with Gasteiger partial charge in [-0.2, -0.15) is 8.78 Å². The van der Waals surface area contributed by atoms with Gasteiger partial charge in [0.25, 0.3) is 0 Å². The van der Waals surface area contributed by atoms with Gasteiger partial charge >= 0.3 is 5.85 Å². The molecule has 1 atom stereocenters. The number of ether oxygens (including phenoxy) is 1. The molecule has 142 valence electrons. The van der Waals surface area contributed by atoms with Crippen LogP contribution in [0.1, 0.15) is 24.5 Å². The highest BCUT2D eigenvalue weighted by molar-refractivity contribution is 7.17. The van der Waals surface area contributed by atoms with Gasteiger partial charge in [-0.1, -0.05) is 6.92 Å². The van der Waals surface area contributed by atoms with E-state index in [1.165, 1.54) is 27.4 Å². The molecule has 1 aromatic heterocycles. The molecule has 1 heterocycles. The number of nitrogens with one attached hydrogen (secondary N) is 3. The molecule has 0 aliphatic rings. The summed E-state index contributed by atoms with van der Waals surface area (Å²) in [6.45, 7) is 1.84. The number of nitrogens with two attached hydrogens (primary N) is 1. The molecule has 0 saturated carbocycles. The smallest absolute Gasteiger partial charge is 0.408 e. The van der Waals surface area contributed by atoms with E-state index in [4.69, 9.17) is 16.6 Å². The lowest BCUT2D eigenvalue weighted by atomic mass is 10.00. The van der Waals surface area contributed by atoms with Crippen LogP contribution in [0.3, 0.4) is 0 Å². The lowest BCUT2D eigenvalue weighted by Crippen LogP contribution is -2.14. The fourth-order valence-corrected chi connectivity index (χ4v) is 2.50. The van der Waals surface area contributed by atoms with Crippen LogP contribution in [0.4, 0.5) is 20.3 Å². The molecule has 1 aromatic carbocycles. The van der Waals surface area contributed by atoms with E-state index in [9.17, 15) is 8.78 Å². The number of aromatic nitrogens is 1. The largest absolute Gasteiger partial charge is 0.430 e. The van der Waals surface area contributed by atoms with Gasteiger partial charge in [-0.15, -0.1) is 0 Å². The lowest BCUT2D eigenvalue weighted by molar-refractivity contribution is -0.0892. The predicted octanol–water partition coefficient (Wildman–Crippen LogP) is 4.36. The first-order valence-electron chi connectivity index (χ1n) is 8.01. The van der Waals surface area contributed by atoms with Crippen LogP contribution < -0.4 is 15.8 Å². The molecule has 6 nitrogen and oxygen atoms in total. The van der Waals surface area contributed by atoms with Gasteiger partial charge in [0.1, 0.15) is 11.6 Å². The number of allylic oxidation sites excluding steroid dienone is 1. The number of pyridine rings is 1. The van der Waals surface area contributed by atoms with Crippen LogP contribution in [0.5, 0.6) is 5.75 Å². The van der Waals surface area contributed by atoms with Gasteiger partial charge in [0, 0.05) is 40.6 Å². The molecule has 0 aliphatic heterocycles. The fourth-order valence-electron chi connectivity index (χ4n) is 2.36. The van der Waals surface area contributed by atoms with Gasteiger partial charge in [-0.05, 0) is 52.1 Å². The Morgan fingerprint density at radius 1 is 1.33 bits per heavy atom. The standard InChI is InChI=1S/C18H20F2N5OP/c1-2-14(22)16-13(15(23)7-9-21)8-10-24-17(16)25-11-3-5-12(6-4-11)26-18(19,20)27/h3-10,21-22H,2,23,27H2,1H3,(H,24,25)/b15-7-,21-9?,22-14?. The summed E-state index contributed by atoms with van der Waals surface area (Å²) in [6, 6.07) is 7.61. The maximum Gasteiger partial charge on any atom is 0.408 e. The van der Waals surface area contributed by atoms with Crippen molar-refractivity contribution in [3.63, 3.8) is 0 Å². The van der Waals surface area contributed by atoms with Gasteiger partial charge in [-0.3, -0.25) is 0 Å². The number of benzene rings is 1. The summed E-state index contributed by atoms with van der Waals surface area (Å²) in [5.41, 5.74) is 8.37. The molecule has 27 heavy (non-hydrogen) atoms. The summed E-state index contributed by atoms with van der Waals surface area (Å²) in [5, 5.41) is 18.5. The minimum atomic E-state index is -3.34. The third-order valence-electron chi connectivity index (χ3n) is 3.55. The van der Waals surface area contributed by atoms with Crippen LogP contribution in [0.15, 0.2) is 42.6 Å². The highest BCUT2D eigenvalue weighted by Gasteiger charge is 2.23. The van der Waals surface area contributed by atoms with Crippen LogP contribution in [0.2, 0.25) is 0 Å². The maximum absolute atomic E-state index is 12.9. The minimum absolute atomic E-state index is 0.0157. The van der Waals surface area contributed by atoms with E-state index in [0.717, 1.165) is 6.21 Å². The SMILES string of the molecule is CCC(=N)c1c(/C(N)=C/C=N)ccnc1Nc1ccc(OC(F)(F)P)cc1. The number of rotatable bonds is 8. The van der Waals surface area contributed by atoms with Gasteiger partial charge in [0.05, 0.1) is 0 Å². The highest BCUT2D eigenvalue weighted by atomic mass is 31.0. The third kappa shape index (κ3) is 5.56. The average Bonchev–Trinajstić information content (AvgIpc) is 2.61. The summed E-state index contributed by atoms with van der Waals surface area (Å²) in [7, 11) is 1.31. The Hall–Kier alpha value is -2.86. The molecule has 2 aromatic rings. The zero-order chi connectivity index (χ0) is 20.0. The number of anilines is 2. The first kappa shape index (κ1) is 20.5. The van der Waals surface area contributed by atoms with Crippen LogP contribution in [0.25, 0.3) is 5.70 Å². The number of halogens is 2. The van der Waals surface area contributed by atoms with E-state index in [1.54, 1.807) is 24.4 Å². The van der Waals surface area contributed by atoms with Crippen LogP contribution >= 0.6 is 9.24 Å². The highest BCUT2D eigenvalue weighted by Crippen LogP contribution is 2.30. The summed E-state index contributed by atoms with van der Waals surface area (Å²) in [5.74, 6) is -2.92. The normalized spacial score (nSPS) is 11.8. The second kappa shape index (κ2) is 8.68. The van der Waals surface area contributed by atoms with E-state index in [1.807, 2.05) is 6.92 Å². The Morgan fingerprint density at radius 3 is 2.56 bits per heavy atom. The zero-order valence-corrected chi connectivity index (χ0v) is 15.7. The predicted molar refractivity (Wildman–Crippen MR) is 107 cm³/mol. The van der Waals surface area contributed by atoms with E-state index in [2.05, 4.69) is 15.0 Å². The monoisotopic (exact) mass is 391 g/mol. The molecule has 2 rings (SSSR count). The van der Waals surface area contributed by atoms with Crippen molar-refractivity contribution in [2.24, 2.45) is 5.73 Å². The molecular weight excluding hydrogens is 371 g/mol. The molecular formula is C18H20F2N5OP. The molecule has 0 amide bonds. The first-order valence-corrected chi connectivity index (χ1v) is 8.59. The Kier molecular flexibility index (Phi) is 6.58. The molecule has 0 fully saturated rings. The molecule has 0 spiro atoms. The van der Waals surface area contributed by atoms with Gasteiger partial charge in [0.15, 0.2) is 0 Å². The molecule has 9 heteroatoms. The second-order valence-electron chi connectivity index (χ2n) is 5.52. The van der Waals surface area contributed by atoms with Crippen molar-refractivity contribution in [1.29, 1.82) is 10.8 Å². The van der Waals surface area contributed by atoms with Gasteiger partial charge in [0.2, 0.25) is 0 Å². The van der Waals surface area contributed by atoms with E-state index >= 15 is 0 Å². The van der Waals surface area contributed by atoms with Crippen molar-refractivity contribution < 1.29 is 13.5 Å². The van der Waals surface area contributed by atoms with E-state index < -0.39 is 5.85 Å². The Labute approximate surface area is 158 Å². The Morgan fingerprint density at radius 2 is 2.00 bits per heavy atom. The quantitative estimate of drug-likeness (QED) is 0.396. The molecule has 0 saturated heterocycles. The van der Waals surface area contributed by atoms with Gasteiger partial charge in [-0.25, -0.2) is 4.98 Å². The molecule has 5 N–H and O–H groups in total. The molecule has 0 radical (unpaired) electrons. The van der Waals surface area contributed by atoms with Crippen molar-refractivity contribution in [3.05, 3.63) is 53.7 Å². The average molecular weight is 391 g/mol. The Bertz CT molecular complexity index is 863. The molecule has 0 aliphatic carbocycles. The topological polar surface area (TPSA) is 108 Å². The van der Waals surface area contributed by atoms with Crippen molar-refractivity contribution in [3.8, 4) is 5.75 Å². The fraction of sp³-hybridized carbons (Fsp3) is 0.167. The van der Waals surface area contributed by atoms with Crippen LogP contribution in [-0.2, 0) is 0 Å². The van der Waals surface area contributed by atoms with Crippen molar-refractivity contribution in [2.75, 3.05) is 5.32 Å².